The number of anilines is 1. The van der Waals surface area contributed by atoms with E-state index in [0.29, 0.717) is 17.4 Å². The molecule has 0 unspecified atom stereocenters. The molecule has 2 N–H and O–H groups in total. The Labute approximate surface area is 183 Å². The Kier molecular flexibility index (Phi) is 8.44. The largest absolute Gasteiger partial charge is 0.492 e. The summed E-state index contributed by atoms with van der Waals surface area (Å²) < 4.78 is 7.81. The Morgan fingerprint density at radius 2 is 2.00 bits per heavy atom. The maximum Gasteiger partial charge on any atom is 0.262 e. The van der Waals surface area contributed by atoms with Crippen molar-refractivity contribution in [3.05, 3.63) is 52.9 Å². The van der Waals surface area contributed by atoms with Crippen LogP contribution in [0.5, 0.6) is 5.75 Å². The molecule has 7 heteroatoms. The number of hydrogen-bond donors (Lipinski definition) is 2. The summed E-state index contributed by atoms with van der Waals surface area (Å²) >= 11 is 0. The Hall–Kier alpha value is -3.53. The van der Waals surface area contributed by atoms with E-state index in [0.717, 1.165) is 23.5 Å². The van der Waals surface area contributed by atoms with E-state index in [1.165, 1.54) is 6.92 Å². The molecule has 0 aliphatic heterocycles. The van der Waals surface area contributed by atoms with Crippen LogP contribution in [0, 0.1) is 31.1 Å². The highest BCUT2D eigenvalue weighted by Crippen LogP contribution is 2.20. The van der Waals surface area contributed by atoms with Crippen molar-refractivity contribution in [2.75, 3.05) is 18.5 Å². The molecule has 2 amide bonds. The number of carbonyl (C=O) groups excluding carboxylic acids is 2. The molecule has 7 nitrogen and oxygen atoms in total. The number of nitrogens with one attached hydrogen (secondary N) is 2. The number of hydrogen-bond acceptors (Lipinski definition) is 4. The standard InChI is InChI=1S/C24H30N4O3/c1-16(2)15-28-17(3)11-20(18(28)4)12-21(14-25)24(30)26-9-10-31-23-8-6-7-22(13-23)27-19(5)29/h6-8,11-13,16H,9-10,15H2,1-5H3,(H,26,30)(H,27,29)/b21-12-. The number of rotatable bonds is 9. The molecule has 1 aromatic carbocycles. The Balaban J connectivity index is 1.95. The van der Waals surface area contributed by atoms with Crippen molar-refractivity contribution >= 4 is 23.6 Å². The Morgan fingerprint density at radius 3 is 2.65 bits per heavy atom. The van der Waals surface area contributed by atoms with Crippen molar-refractivity contribution in [2.45, 2.75) is 41.2 Å². The zero-order valence-electron chi connectivity index (χ0n) is 18.8. The van der Waals surface area contributed by atoms with E-state index in [-0.39, 0.29) is 24.6 Å². The normalized spacial score (nSPS) is 11.2. The smallest absolute Gasteiger partial charge is 0.262 e. The molecule has 0 saturated carbocycles. The zero-order valence-corrected chi connectivity index (χ0v) is 18.8. The first-order valence-corrected chi connectivity index (χ1v) is 10.3. The summed E-state index contributed by atoms with van der Waals surface area (Å²) in [5.74, 6) is 0.477. The summed E-state index contributed by atoms with van der Waals surface area (Å²) in [6.07, 6.45) is 1.63. The molecule has 0 bridgehead atoms. The number of nitrogens with zero attached hydrogens (tertiary/aromatic N) is 2. The average molecular weight is 423 g/mol. The van der Waals surface area contributed by atoms with Crippen molar-refractivity contribution in [3.8, 4) is 11.8 Å². The third-order valence-electron chi connectivity index (χ3n) is 4.64. The molecule has 31 heavy (non-hydrogen) atoms. The molecular weight excluding hydrogens is 392 g/mol. The number of amides is 2. The van der Waals surface area contributed by atoms with Gasteiger partial charge in [0, 0.05) is 36.6 Å². The highest BCUT2D eigenvalue weighted by Gasteiger charge is 2.13. The van der Waals surface area contributed by atoms with Gasteiger partial charge in [0.25, 0.3) is 5.91 Å². The Bertz CT molecular complexity index is 1010. The van der Waals surface area contributed by atoms with E-state index < -0.39 is 5.91 Å². The molecule has 0 saturated heterocycles. The van der Waals surface area contributed by atoms with Gasteiger partial charge in [-0.2, -0.15) is 5.26 Å². The topological polar surface area (TPSA) is 96.2 Å². The third-order valence-corrected chi connectivity index (χ3v) is 4.64. The van der Waals surface area contributed by atoms with Crippen LogP contribution >= 0.6 is 0 Å². The molecule has 0 spiro atoms. The summed E-state index contributed by atoms with van der Waals surface area (Å²) in [7, 11) is 0. The van der Waals surface area contributed by atoms with Gasteiger partial charge in [-0.3, -0.25) is 9.59 Å². The number of ether oxygens (including phenoxy) is 1. The summed E-state index contributed by atoms with van der Waals surface area (Å²) in [6.45, 7) is 11.1. The van der Waals surface area contributed by atoms with Crippen LogP contribution < -0.4 is 15.4 Å². The van der Waals surface area contributed by atoms with Gasteiger partial charge in [0.2, 0.25) is 5.91 Å². The van der Waals surface area contributed by atoms with Crippen molar-refractivity contribution in [3.63, 3.8) is 0 Å². The molecule has 0 aliphatic rings. The first-order valence-electron chi connectivity index (χ1n) is 10.3. The summed E-state index contributed by atoms with van der Waals surface area (Å²) in [5, 5.41) is 14.9. The van der Waals surface area contributed by atoms with E-state index in [2.05, 4.69) is 29.0 Å². The van der Waals surface area contributed by atoms with Crippen molar-refractivity contribution in [2.24, 2.45) is 5.92 Å². The molecule has 164 valence electrons. The van der Waals surface area contributed by atoms with Crippen molar-refractivity contribution in [1.82, 2.24) is 9.88 Å². The summed E-state index contributed by atoms with van der Waals surface area (Å²) in [5.41, 5.74) is 3.70. The highest BCUT2D eigenvalue weighted by atomic mass is 16.5. The van der Waals surface area contributed by atoms with E-state index in [4.69, 9.17) is 4.74 Å². The number of nitriles is 1. The van der Waals surface area contributed by atoms with Gasteiger partial charge in [-0.15, -0.1) is 0 Å². The second-order valence-corrected chi connectivity index (χ2v) is 7.81. The average Bonchev–Trinajstić information content (AvgIpc) is 2.96. The highest BCUT2D eigenvalue weighted by molar-refractivity contribution is 6.01. The van der Waals surface area contributed by atoms with Crippen LogP contribution in [0.2, 0.25) is 0 Å². The fourth-order valence-corrected chi connectivity index (χ4v) is 3.22. The molecule has 2 rings (SSSR count). The van der Waals surface area contributed by atoms with E-state index in [1.54, 1.807) is 30.3 Å². The van der Waals surface area contributed by atoms with E-state index in [9.17, 15) is 14.9 Å². The van der Waals surface area contributed by atoms with Crippen LogP contribution in [-0.2, 0) is 16.1 Å². The molecule has 0 radical (unpaired) electrons. The van der Waals surface area contributed by atoms with E-state index in [1.807, 2.05) is 26.0 Å². The fourth-order valence-electron chi connectivity index (χ4n) is 3.22. The predicted molar refractivity (Wildman–Crippen MR) is 122 cm³/mol. The second kappa shape index (κ2) is 11.0. The van der Waals surface area contributed by atoms with Crippen LogP contribution in [0.3, 0.4) is 0 Å². The first kappa shape index (κ1) is 23.7. The lowest BCUT2D eigenvalue weighted by Crippen LogP contribution is -2.29. The molecule has 1 heterocycles. The van der Waals surface area contributed by atoms with Gasteiger partial charge in [-0.05, 0) is 49.6 Å². The minimum atomic E-state index is -0.438. The lowest BCUT2D eigenvalue weighted by atomic mass is 10.1. The predicted octanol–water partition coefficient (Wildman–Crippen LogP) is 3.82. The third kappa shape index (κ3) is 7.03. The van der Waals surface area contributed by atoms with Crippen molar-refractivity contribution in [1.29, 1.82) is 5.26 Å². The van der Waals surface area contributed by atoms with Gasteiger partial charge in [0.15, 0.2) is 0 Å². The summed E-state index contributed by atoms with van der Waals surface area (Å²) in [6, 6.07) is 11.0. The van der Waals surface area contributed by atoms with Crippen LogP contribution in [-0.4, -0.2) is 29.5 Å². The van der Waals surface area contributed by atoms with Crippen LogP contribution in [0.25, 0.3) is 6.08 Å². The monoisotopic (exact) mass is 422 g/mol. The first-order chi connectivity index (χ1) is 14.7. The van der Waals surface area contributed by atoms with Gasteiger partial charge in [0.1, 0.15) is 24.0 Å². The minimum Gasteiger partial charge on any atom is -0.492 e. The molecular formula is C24H30N4O3. The number of aromatic nitrogens is 1. The minimum absolute atomic E-state index is 0.0532. The summed E-state index contributed by atoms with van der Waals surface area (Å²) in [4.78, 5) is 23.6. The lowest BCUT2D eigenvalue weighted by molar-refractivity contribution is -0.117. The maximum absolute atomic E-state index is 12.4. The SMILES string of the molecule is CC(=O)Nc1cccc(OCCNC(=O)/C(C#N)=C\c2cc(C)n(CC(C)C)c2C)c1. The van der Waals surface area contributed by atoms with Crippen molar-refractivity contribution < 1.29 is 14.3 Å². The molecule has 1 aromatic heterocycles. The van der Waals surface area contributed by atoms with Gasteiger partial charge >= 0.3 is 0 Å². The van der Waals surface area contributed by atoms with Crippen LogP contribution in [0.15, 0.2) is 35.9 Å². The number of benzene rings is 1. The molecule has 0 atom stereocenters. The van der Waals surface area contributed by atoms with Crippen LogP contribution in [0.4, 0.5) is 5.69 Å². The quantitative estimate of drug-likeness (QED) is 0.365. The fraction of sp³-hybridized carbons (Fsp3) is 0.375. The van der Waals surface area contributed by atoms with E-state index >= 15 is 0 Å². The Morgan fingerprint density at radius 1 is 1.26 bits per heavy atom. The van der Waals surface area contributed by atoms with Gasteiger partial charge in [-0.1, -0.05) is 19.9 Å². The van der Waals surface area contributed by atoms with Gasteiger partial charge in [-0.25, -0.2) is 0 Å². The lowest BCUT2D eigenvalue weighted by Gasteiger charge is -2.12. The van der Waals surface area contributed by atoms with Gasteiger partial charge < -0.3 is 19.9 Å². The maximum atomic E-state index is 12.4. The number of aryl methyl sites for hydroxylation is 1. The second-order valence-electron chi connectivity index (χ2n) is 7.81. The number of carbonyl (C=O) groups is 2. The zero-order chi connectivity index (χ0) is 23.0. The van der Waals surface area contributed by atoms with Gasteiger partial charge in [0.05, 0.1) is 6.54 Å². The molecule has 0 aliphatic carbocycles. The van der Waals surface area contributed by atoms with Crippen LogP contribution in [0.1, 0.15) is 37.7 Å². The molecule has 0 fully saturated rings. The molecule has 2 aromatic rings.